The minimum Gasteiger partial charge on any atom is -0.462 e. The van der Waals surface area contributed by atoms with E-state index in [9.17, 15) is 9.59 Å². The first-order valence-electron chi connectivity index (χ1n) is 5.16. The van der Waals surface area contributed by atoms with Gasteiger partial charge in [-0.2, -0.15) is 0 Å². The van der Waals surface area contributed by atoms with E-state index in [4.69, 9.17) is 0 Å². The van der Waals surface area contributed by atoms with Gasteiger partial charge in [0.2, 0.25) is 0 Å². The molecule has 15 heavy (non-hydrogen) atoms. The van der Waals surface area contributed by atoms with Gasteiger partial charge in [0.25, 0.3) is 0 Å². The predicted molar refractivity (Wildman–Crippen MR) is 57.4 cm³/mol. The van der Waals surface area contributed by atoms with Gasteiger partial charge in [-0.15, -0.1) is 0 Å². The van der Waals surface area contributed by atoms with Crippen molar-refractivity contribution < 1.29 is 14.3 Å². The van der Waals surface area contributed by atoms with Gasteiger partial charge in [-0.3, -0.25) is 4.79 Å². The molecular weight excluding hydrogens is 196 g/mol. The van der Waals surface area contributed by atoms with E-state index in [1.54, 1.807) is 0 Å². The van der Waals surface area contributed by atoms with E-state index in [1.165, 1.54) is 7.11 Å². The SMILES string of the molecule is CCN(CC)CC(C)NC(=O)C(=O)OC. The summed E-state index contributed by atoms with van der Waals surface area (Å²) in [6.45, 7) is 8.55. The Balaban J connectivity index is 3.97. The van der Waals surface area contributed by atoms with Crippen molar-refractivity contribution in [2.75, 3.05) is 26.7 Å². The van der Waals surface area contributed by atoms with Gasteiger partial charge in [0.1, 0.15) is 0 Å². The molecule has 0 aliphatic rings. The Hall–Kier alpha value is -1.10. The monoisotopic (exact) mass is 216 g/mol. The summed E-state index contributed by atoms with van der Waals surface area (Å²) in [7, 11) is 1.19. The van der Waals surface area contributed by atoms with E-state index in [1.807, 2.05) is 6.92 Å². The van der Waals surface area contributed by atoms with Gasteiger partial charge >= 0.3 is 11.9 Å². The molecule has 0 spiro atoms. The lowest BCUT2D eigenvalue weighted by Crippen LogP contribution is -2.44. The lowest BCUT2D eigenvalue weighted by Gasteiger charge is -2.22. The molecule has 0 saturated carbocycles. The fourth-order valence-corrected chi connectivity index (χ4v) is 1.29. The molecule has 0 aliphatic carbocycles. The van der Waals surface area contributed by atoms with Crippen LogP contribution in [0.1, 0.15) is 20.8 Å². The van der Waals surface area contributed by atoms with Gasteiger partial charge in [0, 0.05) is 12.6 Å². The van der Waals surface area contributed by atoms with E-state index in [0.717, 1.165) is 19.6 Å². The molecule has 1 unspecified atom stereocenters. The number of esters is 1. The van der Waals surface area contributed by atoms with Gasteiger partial charge in [-0.25, -0.2) is 4.79 Å². The molecule has 0 rings (SSSR count). The first kappa shape index (κ1) is 13.9. The number of carbonyl (C=O) groups excluding carboxylic acids is 2. The quantitative estimate of drug-likeness (QED) is 0.519. The average Bonchev–Trinajstić information content (AvgIpc) is 2.24. The van der Waals surface area contributed by atoms with Crippen LogP contribution in [0, 0.1) is 0 Å². The Morgan fingerprint density at radius 3 is 2.27 bits per heavy atom. The van der Waals surface area contributed by atoms with Gasteiger partial charge in [-0.1, -0.05) is 13.8 Å². The first-order valence-corrected chi connectivity index (χ1v) is 5.16. The van der Waals surface area contributed by atoms with E-state index in [0.29, 0.717) is 0 Å². The van der Waals surface area contributed by atoms with Crippen LogP contribution in [-0.4, -0.2) is 49.6 Å². The Morgan fingerprint density at radius 2 is 1.87 bits per heavy atom. The lowest BCUT2D eigenvalue weighted by atomic mass is 10.3. The molecule has 0 aromatic rings. The van der Waals surface area contributed by atoms with Crippen LogP contribution in [0.4, 0.5) is 0 Å². The topological polar surface area (TPSA) is 58.6 Å². The highest BCUT2D eigenvalue weighted by molar-refractivity contribution is 6.32. The molecule has 0 aliphatic heterocycles. The van der Waals surface area contributed by atoms with E-state index < -0.39 is 11.9 Å². The summed E-state index contributed by atoms with van der Waals surface area (Å²) in [5, 5.41) is 2.57. The number of carbonyl (C=O) groups is 2. The largest absolute Gasteiger partial charge is 0.462 e. The number of nitrogens with zero attached hydrogens (tertiary/aromatic N) is 1. The third-order valence-corrected chi connectivity index (χ3v) is 2.17. The maximum atomic E-state index is 11.1. The fraction of sp³-hybridized carbons (Fsp3) is 0.800. The number of nitrogens with one attached hydrogen (secondary N) is 1. The second kappa shape index (κ2) is 7.23. The molecule has 0 saturated heterocycles. The summed E-state index contributed by atoms with van der Waals surface area (Å²) >= 11 is 0. The molecule has 0 radical (unpaired) electrons. The second-order valence-electron chi connectivity index (χ2n) is 3.35. The summed E-state index contributed by atoms with van der Waals surface area (Å²) in [5.74, 6) is -1.53. The van der Waals surface area contributed by atoms with Crippen LogP contribution in [0.5, 0.6) is 0 Å². The lowest BCUT2D eigenvalue weighted by molar-refractivity contribution is -0.153. The van der Waals surface area contributed by atoms with Gasteiger partial charge in [-0.05, 0) is 20.0 Å². The summed E-state index contributed by atoms with van der Waals surface area (Å²) in [4.78, 5) is 24.1. The summed E-state index contributed by atoms with van der Waals surface area (Å²) in [6, 6.07) is -0.0588. The molecule has 5 heteroatoms. The molecule has 1 amide bonds. The Labute approximate surface area is 90.8 Å². The van der Waals surface area contributed by atoms with E-state index in [2.05, 4.69) is 28.8 Å². The normalized spacial score (nSPS) is 12.3. The van der Waals surface area contributed by atoms with Crippen molar-refractivity contribution in [3.8, 4) is 0 Å². The van der Waals surface area contributed by atoms with Crippen molar-refractivity contribution in [2.45, 2.75) is 26.8 Å². The highest BCUT2D eigenvalue weighted by Gasteiger charge is 2.17. The number of hydrogen-bond donors (Lipinski definition) is 1. The van der Waals surface area contributed by atoms with Crippen molar-refractivity contribution in [2.24, 2.45) is 0 Å². The zero-order valence-corrected chi connectivity index (χ0v) is 9.87. The van der Waals surface area contributed by atoms with Crippen molar-refractivity contribution in [1.82, 2.24) is 10.2 Å². The Kier molecular flexibility index (Phi) is 6.70. The van der Waals surface area contributed by atoms with Gasteiger partial charge < -0.3 is 15.0 Å². The Bertz CT molecular complexity index is 215. The maximum Gasteiger partial charge on any atom is 0.396 e. The third kappa shape index (κ3) is 5.37. The standard InChI is InChI=1S/C10H20N2O3/c1-5-12(6-2)7-8(3)11-9(13)10(14)15-4/h8H,5-7H2,1-4H3,(H,11,13). The van der Waals surface area contributed by atoms with Crippen LogP contribution in [0.25, 0.3) is 0 Å². The van der Waals surface area contributed by atoms with E-state index in [-0.39, 0.29) is 6.04 Å². The summed E-state index contributed by atoms with van der Waals surface area (Å²) in [6.07, 6.45) is 0. The first-order chi connectivity index (χ1) is 7.04. The van der Waals surface area contributed by atoms with Crippen LogP contribution in [0.15, 0.2) is 0 Å². The fourth-order valence-electron chi connectivity index (χ4n) is 1.29. The van der Waals surface area contributed by atoms with Crippen LogP contribution < -0.4 is 5.32 Å². The number of likely N-dealkylation sites (N-methyl/N-ethyl adjacent to an activating group) is 1. The van der Waals surface area contributed by atoms with Crippen LogP contribution >= 0.6 is 0 Å². The summed E-state index contributed by atoms with van der Waals surface area (Å²) in [5.41, 5.74) is 0. The van der Waals surface area contributed by atoms with Crippen molar-refractivity contribution in [3.63, 3.8) is 0 Å². The van der Waals surface area contributed by atoms with Crippen molar-refractivity contribution >= 4 is 11.9 Å². The number of methoxy groups -OCH3 is 1. The molecule has 88 valence electrons. The Morgan fingerprint density at radius 1 is 1.33 bits per heavy atom. The second-order valence-corrected chi connectivity index (χ2v) is 3.35. The molecular formula is C10H20N2O3. The van der Waals surface area contributed by atoms with Crippen LogP contribution in [-0.2, 0) is 14.3 Å². The van der Waals surface area contributed by atoms with Crippen LogP contribution in [0.3, 0.4) is 0 Å². The van der Waals surface area contributed by atoms with E-state index >= 15 is 0 Å². The predicted octanol–water partition coefficient (Wildman–Crippen LogP) is 0.00590. The third-order valence-electron chi connectivity index (χ3n) is 2.17. The number of hydrogen-bond acceptors (Lipinski definition) is 4. The molecule has 1 atom stereocenters. The zero-order chi connectivity index (χ0) is 11.8. The number of amides is 1. The highest BCUT2D eigenvalue weighted by atomic mass is 16.5. The number of rotatable bonds is 5. The minimum atomic E-state index is -0.846. The van der Waals surface area contributed by atoms with Crippen molar-refractivity contribution in [3.05, 3.63) is 0 Å². The molecule has 0 aromatic carbocycles. The average molecular weight is 216 g/mol. The molecule has 0 fully saturated rings. The smallest absolute Gasteiger partial charge is 0.396 e. The molecule has 0 heterocycles. The molecule has 0 aromatic heterocycles. The maximum absolute atomic E-state index is 11.1. The highest BCUT2D eigenvalue weighted by Crippen LogP contribution is 1.91. The number of ether oxygens (including phenoxy) is 1. The van der Waals surface area contributed by atoms with Gasteiger partial charge in [0.05, 0.1) is 7.11 Å². The molecule has 1 N–H and O–H groups in total. The molecule has 5 nitrogen and oxygen atoms in total. The summed E-state index contributed by atoms with van der Waals surface area (Å²) < 4.78 is 4.31. The van der Waals surface area contributed by atoms with Crippen LogP contribution in [0.2, 0.25) is 0 Å². The van der Waals surface area contributed by atoms with Crippen molar-refractivity contribution in [1.29, 1.82) is 0 Å². The zero-order valence-electron chi connectivity index (χ0n) is 9.87. The van der Waals surface area contributed by atoms with Gasteiger partial charge in [0.15, 0.2) is 0 Å². The minimum absolute atomic E-state index is 0.0588. The molecule has 0 bridgehead atoms.